The lowest BCUT2D eigenvalue weighted by molar-refractivity contribution is -0.0602. The molecule has 0 radical (unpaired) electrons. The van der Waals surface area contributed by atoms with Crippen molar-refractivity contribution in [2.75, 3.05) is 5.32 Å². The maximum Gasteiger partial charge on any atom is 0.0342 e. The van der Waals surface area contributed by atoms with Crippen molar-refractivity contribution < 1.29 is 0 Å². The zero-order chi connectivity index (χ0) is 14.4. The van der Waals surface area contributed by atoms with Gasteiger partial charge in [-0.3, -0.25) is 0 Å². The summed E-state index contributed by atoms with van der Waals surface area (Å²) in [6.07, 6.45) is 10.2. The van der Waals surface area contributed by atoms with Gasteiger partial charge in [0.2, 0.25) is 0 Å². The van der Waals surface area contributed by atoms with Crippen LogP contribution in [0, 0.1) is 23.2 Å². The number of anilines is 1. The largest absolute Gasteiger partial charge is 0.382 e. The highest BCUT2D eigenvalue weighted by Crippen LogP contribution is 2.61. The van der Waals surface area contributed by atoms with Crippen LogP contribution in [-0.4, -0.2) is 6.04 Å². The average Bonchev–Trinajstić information content (AvgIpc) is 2.46. The Kier molecular flexibility index (Phi) is 3.28. The van der Waals surface area contributed by atoms with Gasteiger partial charge in [0, 0.05) is 11.7 Å². The second kappa shape index (κ2) is 5.04. The molecule has 0 spiro atoms. The molecule has 4 saturated carbocycles. The summed E-state index contributed by atoms with van der Waals surface area (Å²) in [5.74, 6) is 3.13. The minimum absolute atomic E-state index is 0.595. The molecule has 4 aliphatic rings. The summed E-state index contributed by atoms with van der Waals surface area (Å²) >= 11 is 0. The molecule has 1 heteroatoms. The zero-order valence-electron chi connectivity index (χ0n) is 13.6. The monoisotopic (exact) mass is 283 g/mol. The molecular weight excluding hydrogens is 254 g/mol. The number of hydrogen-bond donors (Lipinski definition) is 1. The molecule has 5 rings (SSSR count). The topological polar surface area (TPSA) is 12.0 Å². The molecule has 0 amide bonds. The van der Waals surface area contributed by atoms with Gasteiger partial charge in [0.15, 0.2) is 0 Å². The van der Waals surface area contributed by atoms with Crippen LogP contribution in [0.4, 0.5) is 5.69 Å². The number of aryl methyl sites for hydroxylation is 1. The lowest BCUT2D eigenvalue weighted by Crippen LogP contribution is -2.52. The van der Waals surface area contributed by atoms with Gasteiger partial charge in [-0.15, -0.1) is 0 Å². The first-order valence-corrected chi connectivity index (χ1v) is 9.02. The Balaban J connectivity index is 1.50. The predicted octanol–water partition coefficient (Wildman–Crippen LogP) is 5.27. The molecule has 1 N–H and O–H groups in total. The molecule has 0 aliphatic heterocycles. The SMILES string of the molecule is CCc1ccc(NC(C)C23CC4CC(CC(C4)C2)C3)cc1. The third-order valence-electron chi connectivity index (χ3n) is 6.75. The second-order valence-electron chi connectivity index (χ2n) is 8.20. The zero-order valence-corrected chi connectivity index (χ0v) is 13.6. The van der Waals surface area contributed by atoms with Crippen LogP contribution in [0.5, 0.6) is 0 Å². The Labute approximate surface area is 129 Å². The Bertz CT molecular complexity index is 466. The van der Waals surface area contributed by atoms with Crippen LogP contribution in [0.3, 0.4) is 0 Å². The van der Waals surface area contributed by atoms with Gasteiger partial charge in [-0.25, -0.2) is 0 Å². The van der Waals surface area contributed by atoms with Crippen LogP contribution in [0.2, 0.25) is 0 Å². The first kappa shape index (κ1) is 13.7. The van der Waals surface area contributed by atoms with E-state index in [1.807, 2.05) is 0 Å². The van der Waals surface area contributed by atoms with E-state index in [1.165, 1.54) is 49.8 Å². The van der Waals surface area contributed by atoms with Crippen molar-refractivity contribution in [1.29, 1.82) is 0 Å². The Morgan fingerprint density at radius 1 is 1.00 bits per heavy atom. The molecule has 114 valence electrons. The third-order valence-corrected chi connectivity index (χ3v) is 6.75. The van der Waals surface area contributed by atoms with E-state index in [1.54, 1.807) is 0 Å². The summed E-state index contributed by atoms with van der Waals surface area (Å²) < 4.78 is 0. The lowest BCUT2D eigenvalue weighted by Gasteiger charge is -2.59. The first-order valence-electron chi connectivity index (χ1n) is 9.02. The van der Waals surface area contributed by atoms with Gasteiger partial charge in [-0.1, -0.05) is 19.1 Å². The van der Waals surface area contributed by atoms with E-state index < -0.39 is 0 Å². The van der Waals surface area contributed by atoms with Gasteiger partial charge in [0.05, 0.1) is 0 Å². The molecule has 1 aromatic carbocycles. The molecule has 4 fully saturated rings. The predicted molar refractivity (Wildman–Crippen MR) is 89.5 cm³/mol. The number of rotatable bonds is 4. The Hall–Kier alpha value is -0.980. The third kappa shape index (κ3) is 2.39. The number of hydrogen-bond acceptors (Lipinski definition) is 1. The molecule has 0 heterocycles. The van der Waals surface area contributed by atoms with Crippen LogP contribution in [-0.2, 0) is 6.42 Å². The summed E-state index contributed by atoms with van der Waals surface area (Å²) in [6, 6.07) is 9.72. The fourth-order valence-electron chi connectivity index (χ4n) is 5.95. The molecule has 4 bridgehead atoms. The van der Waals surface area contributed by atoms with Crippen LogP contribution in [0.1, 0.15) is 57.9 Å². The van der Waals surface area contributed by atoms with Gasteiger partial charge < -0.3 is 5.32 Å². The van der Waals surface area contributed by atoms with Crippen LogP contribution >= 0.6 is 0 Å². The maximum atomic E-state index is 3.85. The maximum absolute atomic E-state index is 3.85. The van der Waals surface area contributed by atoms with Gasteiger partial charge >= 0.3 is 0 Å². The van der Waals surface area contributed by atoms with Crippen molar-refractivity contribution in [2.24, 2.45) is 23.2 Å². The Morgan fingerprint density at radius 3 is 2.00 bits per heavy atom. The van der Waals surface area contributed by atoms with Crippen LogP contribution in [0.15, 0.2) is 24.3 Å². The summed E-state index contributed by atoms with van der Waals surface area (Å²) in [4.78, 5) is 0. The molecular formula is C20H29N. The normalized spacial score (nSPS) is 38.5. The van der Waals surface area contributed by atoms with E-state index in [4.69, 9.17) is 0 Å². The molecule has 1 unspecified atom stereocenters. The van der Waals surface area contributed by atoms with Gasteiger partial charge in [-0.05, 0) is 92.7 Å². The van der Waals surface area contributed by atoms with Gasteiger partial charge in [0.25, 0.3) is 0 Å². The van der Waals surface area contributed by atoms with E-state index >= 15 is 0 Å². The summed E-state index contributed by atoms with van der Waals surface area (Å²) in [6.45, 7) is 4.67. The molecule has 0 aromatic heterocycles. The standard InChI is InChI=1S/C20H29N/c1-3-15-4-6-19(7-5-15)21-14(2)20-11-16-8-17(12-20)10-18(9-16)13-20/h4-7,14,16-18,21H,3,8-13H2,1-2H3. The van der Waals surface area contributed by atoms with E-state index in [2.05, 4.69) is 43.4 Å². The van der Waals surface area contributed by atoms with Crippen LogP contribution < -0.4 is 5.32 Å². The minimum Gasteiger partial charge on any atom is -0.382 e. The summed E-state index contributed by atoms with van der Waals surface area (Å²) in [5.41, 5.74) is 3.34. The second-order valence-corrected chi connectivity index (χ2v) is 8.20. The highest BCUT2D eigenvalue weighted by molar-refractivity contribution is 5.46. The lowest BCUT2D eigenvalue weighted by atomic mass is 9.48. The molecule has 4 aliphatic carbocycles. The summed E-state index contributed by atoms with van der Waals surface area (Å²) in [5, 5.41) is 3.85. The highest BCUT2D eigenvalue weighted by atomic mass is 14.9. The van der Waals surface area contributed by atoms with Crippen LogP contribution in [0.25, 0.3) is 0 Å². The van der Waals surface area contributed by atoms with Crippen molar-refractivity contribution in [3.63, 3.8) is 0 Å². The molecule has 21 heavy (non-hydrogen) atoms. The minimum atomic E-state index is 0.595. The van der Waals surface area contributed by atoms with Crippen molar-refractivity contribution in [1.82, 2.24) is 0 Å². The van der Waals surface area contributed by atoms with Gasteiger partial charge in [0.1, 0.15) is 0 Å². The number of nitrogens with one attached hydrogen (secondary N) is 1. The van der Waals surface area contributed by atoms with Crippen molar-refractivity contribution >= 4 is 5.69 Å². The summed E-state index contributed by atoms with van der Waals surface area (Å²) in [7, 11) is 0. The first-order chi connectivity index (χ1) is 10.2. The fourth-order valence-corrected chi connectivity index (χ4v) is 5.95. The smallest absolute Gasteiger partial charge is 0.0342 e. The molecule has 1 nitrogen and oxygen atoms in total. The average molecular weight is 283 g/mol. The Morgan fingerprint density at radius 2 is 1.52 bits per heavy atom. The van der Waals surface area contributed by atoms with Crippen molar-refractivity contribution in [2.45, 2.75) is 64.8 Å². The van der Waals surface area contributed by atoms with E-state index in [9.17, 15) is 0 Å². The highest BCUT2D eigenvalue weighted by Gasteiger charge is 2.53. The molecule has 0 saturated heterocycles. The van der Waals surface area contributed by atoms with E-state index in [0.717, 1.165) is 24.2 Å². The fraction of sp³-hybridized carbons (Fsp3) is 0.700. The van der Waals surface area contributed by atoms with Crippen molar-refractivity contribution in [3.8, 4) is 0 Å². The quantitative estimate of drug-likeness (QED) is 0.794. The van der Waals surface area contributed by atoms with E-state index in [0.29, 0.717) is 11.5 Å². The number of benzene rings is 1. The molecule has 1 atom stereocenters. The van der Waals surface area contributed by atoms with Crippen molar-refractivity contribution in [3.05, 3.63) is 29.8 Å². The molecule has 1 aromatic rings. The van der Waals surface area contributed by atoms with Gasteiger partial charge in [-0.2, -0.15) is 0 Å². The van der Waals surface area contributed by atoms with E-state index in [-0.39, 0.29) is 0 Å².